The van der Waals surface area contributed by atoms with Crippen molar-refractivity contribution in [3.8, 4) is 5.75 Å². The van der Waals surface area contributed by atoms with Gasteiger partial charge in [0.1, 0.15) is 24.1 Å². The van der Waals surface area contributed by atoms with Gasteiger partial charge >= 0.3 is 0 Å². The second-order valence-electron chi connectivity index (χ2n) is 5.09. The average Bonchev–Trinajstić information content (AvgIpc) is 2.45. The third kappa shape index (κ3) is 3.28. The lowest BCUT2D eigenvalue weighted by atomic mass is 9.92. The summed E-state index contributed by atoms with van der Waals surface area (Å²) in [6.45, 7) is 0.00883. The van der Waals surface area contributed by atoms with Crippen LogP contribution < -0.4 is 5.32 Å². The van der Waals surface area contributed by atoms with Crippen molar-refractivity contribution in [2.75, 3.05) is 13.7 Å². The maximum atomic E-state index is 9.94. The molecule has 0 amide bonds. The van der Waals surface area contributed by atoms with Gasteiger partial charge in [0.15, 0.2) is 0 Å². The van der Waals surface area contributed by atoms with Crippen LogP contribution in [0.25, 0.3) is 0 Å². The summed E-state index contributed by atoms with van der Waals surface area (Å²) in [6, 6.07) is 6.68. The molecule has 5 N–H and O–H groups in total. The first-order valence-electron chi connectivity index (χ1n) is 6.65. The number of ether oxygens (including phenoxy) is 1. The topological polar surface area (TPSA) is 102 Å². The van der Waals surface area contributed by atoms with Crippen molar-refractivity contribution >= 4 is 0 Å². The molecule has 1 aliphatic heterocycles. The summed E-state index contributed by atoms with van der Waals surface area (Å²) >= 11 is 0. The fourth-order valence-electron chi connectivity index (χ4n) is 2.43. The summed E-state index contributed by atoms with van der Waals surface area (Å²) < 4.78 is 5.40. The molecule has 112 valence electrons. The van der Waals surface area contributed by atoms with Crippen LogP contribution in [-0.4, -0.2) is 58.5 Å². The van der Waals surface area contributed by atoms with Gasteiger partial charge in [0.25, 0.3) is 0 Å². The molecule has 1 aliphatic rings. The Morgan fingerprint density at radius 2 is 1.85 bits per heavy atom. The number of phenols is 1. The van der Waals surface area contributed by atoms with Gasteiger partial charge in [-0.05, 0) is 31.2 Å². The number of aromatic hydroxyl groups is 1. The Balaban J connectivity index is 2.04. The molecule has 1 fully saturated rings. The SMILES string of the molecule is CNC(CC1OC[C@@H](O)[C@H](O)[C@H]1O)c1ccc(O)cc1. The molecule has 20 heavy (non-hydrogen) atoms. The highest BCUT2D eigenvalue weighted by molar-refractivity contribution is 5.28. The second kappa shape index (κ2) is 6.51. The number of aliphatic hydroxyl groups is 3. The highest BCUT2D eigenvalue weighted by Crippen LogP contribution is 2.26. The molecular formula is C14H21NO5. The lowest BCUT2D eigenvalue weighted by molar-refractivity contribution is -0.189. The largest absolute Gasteiger partial charge is 0.508 e. The minimum atomic E-state index is -1.19. The maximum absolute atomic E-state index is 9.94. The molecule has 1 aromatic rings. The van der Waals surface area contributed by atoms with Gasteiger partial charge in [0.2, 0.25) is 0 Å². The normalized spacial score (nSPS) is 32.0. The molecule has 1 saturated heterocycles. The summed E-state index contributed by atoms with van der Waals surface area (Å²) in [6.07, 6.45) is -3.47. The minimum Gasteiger partial charge on any atom is -0.508 e. The molecule has 2 unspecified atom stereocenters. The molecule has 0 aliphatic carbocycles. The van der Waals surface area contributed by atoms with Crippen molar-refractivity contribution in [1.82, 2.24) is 5.32 Å². The fraction of sp³-hybridized carbons (Fsp3) is 0.571. The van der Waals surface area contributed by atoms with Crippen molar-refractivity contribution < 1.29 is 25.2 Å². The van der Waals surface area contributed by atoms with Gasteiger partial charge in [-0.1, -0.05) is 12.1 Å². The smallest absolute Gasteiger partial charge is 0.115 e. The number of nitrogens with one attached hydrogen (secondary N) is 1. The predicted octanol–water partition coefficient (Wildman–Crippen LogP) is -0.476. The lowest BCUT2D eigenvalue weighted by Gasteiger charge is -2.36. The van der Waals surface area contributed by atoms with E-state index in [4.69, 9.17) is 4.74 Å². The fourth-order valence-corrected chi connectivity index (χ4v) is 2.43. The van der Waals surface area contributed by atoms with Gasteiger partial charge in [-0.3, -0.25) is 0 Å². The Morgan fingerprint density at radius 1 is 1.20 bits per heavy atom. The number of aliphatic hydroxyl groups excluding tert-OH is 3. The monoisotopic (exact) mass is 283 g/mol. The van der Waals surface area contributed by atoms with E-state index in [1.165, 1.54) is 0 Å². The van der Waals surface area contributed by atoms with E-state index in [0.29, 0.717) is 6.42 Å². The van der Waals surface area contributed by atoms with Crippen LogP contribution in [-0.2, 0) is 4.74 Å². The van der Waals surface area contributed by atoms with E-state index in [1.54, 1.807) is 31.3 Å². The van der Waals surface area contributed by atoms with Crippen molar-refractivity contribution in [3.63, 3.8) is 0 Å². The highest BCUT2D eigenvalue weighted by Gasteiger charge is 2.38. The van der Waals surface area contributed by atoms with Gasteiger partial charge < -0.3 is 30.5 Å². The quantitative estimate of drug-likeness (QED) is 0.512. The molecule has 0 spiro atoms. The summed E-state index contributed by atoms with van der Waals surface area (Å²) in [5, 5.41) is 41.5. The predicted molar refractivity (Wildman–Crippen MR) is 72.3 cm³/mol. The Kier molecular flexibility index (Phi) is 4.95. The first-order chi connectivity index (χ1) is 9.52. The van der Waals surface area contributed by atoms with Crippen LogP contribution in [0.2, 0.25) is 0 Å². The van der Waals surface area contributed by atoms with Gasteiger partial charge in [0, 0.05) is 6.04 Å². The lowest BCUT2D eigenvalue weighted by Crippen LogP contribution is -2.53. The van der Waals surface area contributed by atoms with Crippen LogP contribution >= 0.6 is 0 Å². The molecule has 0 aromatic heterocycles. The van der Waals surface area contributed by atoms with Crippen molar-refractivity contribution in [1.29, 1.82) is 0 Å². The first kappa shape index (κ1) is 15.2. The summed E-state index contributed by atoms with van der Waals surface area (Å²) in [4.78, 5) is 0. The molecule has 1 heterocycles. The summed E-state index contributed by atoms with van der Waals surface area (Å²) in [5.74, 6) is 0.191. The van der Waals surface area contributed by atoms with Crippen LogP contribution in [0.1, 0.15) is 18.0 Å². The summed E-state index contributed by atoms with van der Waals surface area (Å²) in [5.41, 5.74) is 0.946. The minimum absolute atomic E-state index is 0.00883. The Hall–Kier alpha value is -1.18. The Labute approximate surface area is 117 Å². The van der Waals surface area contributed by atoms with Crippen molar-refractivity contribution in [2.24, 2.45) is 0 Å². The molecule has 6 nitrogen and oxygen atoms in total. The van der Waals surface area contributed by atoms with Crippen LogP contribution in [0.4, 0.5) is 0 Å². The maximum Gasteiger partial charge on any atom is 0.115 e. The van der Waals surface area contributed by atoms with Gasteiger partial charge in [-0.2, -0.15) is 0 Å². The Bertz CT molecular complexity index is 424. The number of hydrogen-bond acceptors (Lipinski definition) is 6. The van der Waals surface area contributed by atoms with E-state index in [9.17, 15) is 20.4 Å². The number of benzene rings is 1. The van der Waals surface area contributed by atoms with E-state index in [-0.39, 0.29) is 18.4 Å². The van der Waals surface area contributed by atoms with E-state index < -0.39 is 24.4 Å². The van der Waals surface area contributed by atoms with E-state index in [1.807, 2.05) is 0 Å². The third-order valence-corrected chi connectivity index (χ3v) is 3.72. The number of rotatable bonds is 4. The van der Waals surface area contributed by atoms with Gasteiger partial charge in [-0.25, -0.2) is 0 Å². The molecular weight excluding hydrogens is 262 g/mol. The molecule has 0 bridgehead atoms. The molecule has 0 radical (unpaired) electrons. The van der Waals surface area contributed by atoms with E-state index in [2.05, 4.69) is 5.32 Å². The third-order valence-electron chi connectivity index (χ3n) is 3.72. The van der Waals surface area contributed by atoms with Crippen LogP contribution in [0.5, 0.6) is 5.75 Å². The van der Waals surface area contributed by atoms with E-state index in [0.717, 1.165) is 5.56 Å². The zero-order chi connectivity index (χ0) is 14.7. The zero-order valence-corrected chi connectivity index (χ0v) is 11.3. The van der Waals surface area contributed by atoms with Gasteiger partial charge in [0.05, 0.1) is 12.7 Å². The zero-order valence-electron chi connectivity index (χ0n) is 11.3. The standard InChI is InChI=1S/C14H21NO5/c1-15-10(8-2-4-9(16)5-3-8)6-12-14(19)13(18)11(17)7-20-12/h2-5,10-19H,6-7H2,1H3/t10?,11-,12?,13+,14+/m1/s1. The van der Waals surface area contributed by atoms with Crippen LogP contribution in [0, 0.1) is 0 Å². The van der Waals surface area contributed by atoms with E-state index >= 15 is 0 Å². The Morgan fingerprint density at radius 3 is 2.45 bits per heavy atom. The number of hydrogen-bond donors (Lipinski definition) is 5. The van der Waals surface area contributed by atoms with Crippen LogP contribution in [0.15, 0.2) is 24.3 Å². The first-order valence-corrected chi connectivity index (χ1v) is 6.65. The molecule has 5 atom stereocenters. The highest BCUT2D eigenvalue weighted by atomic mass is 16.5. The molecule has 0 saturated carbocycles. The van der Waals surface area contributed by atoms with Crippen LogP contribution in [0.3, 0.4) is 0 Å². The van der Waals surface area contributed by atoms with Gasteiger partial charge in [-0.15, -0.1) is 0 Å². The van der Waals surface area contributed by atoms with Crippen molar-refractivity contribution in [2.45, 2.75) is 36.9 Å². The summed E-state index contributed by atoms with van der Waals surface area (Å²) in [7, 11) is 1.79. The molecule has 6 heteroatoms. The molecule has 2 rings (SSSR count). The second-order valence-corrected chi connectivity index (χ2v) is 5.09. The van der Waals surface area contributed by atoms with Crippen molar-refractivity contribution in [3.05, 3.63) is 29.8 Å². The molecule has 1 aromatic carbocycles. The number of phenolic OH excluding ortho intramolecular Hbond substituents is 1. The average molecular weight is 283 g/mol.